The number of rotatable bonds is 5. The van der Waals surface area contributed by atoms with Crippen molar-refractivity contribution in [2.45, 2.75) is 18.6 Å². The monoisotopic (exact) mass is 371 g/mol. The Morgan fingerprint density at radius 1 is 1.55 bits per heavy atom. The molecule has 0 aromatic heterocycles. The van der Waals surface area contributed by atoms with Gasteiger partial charge in [-0.05, 0) is 24.1 Å². The van der Waals surface area contributed by atoms with E-state index in [2.05, 4.69) is 6.07 Å². The molecule has 1 fully saturated rings. The van der Waals surface area contributed by atoms with Gasteiger partial charge in [-0.3, -0.25) is 5.41 Å². The topological polar surface area (TPSA) is 50.9 Å². The molecule has 1 aromatic carbocycles. The van der Waals surface area contributed by atoms with Crippen LogP contribution in [0.1, 0.15) is 24.2 Å². The molecule has 0 saturated carbocycles. The van der Waals surface area contributed by atoms with Crippen LogP contribution in [0, 0.1) is 16.7 Å². The molecule has 0 aliphatic carbocycles. The van der Waals surface area contributed by atoms with Crippen molar-refractivity contribution in [2.75, 3.05) is 12.3 Å². The summed E-state index contributed by atoms with van der Waals surface area (Å²) in [7, 11) is 0. The molecule has 7 heteroatoms. The Labute approximate surface area is 149 Å². The minimum absolute atomic E-state index is 0.197. The Hall–Kier alpha value is -0.800. The van der Waals surface area contributed by atoms with E-state index < -0.39 is 0 Å². The summed E-state index contributed by atoms with van der Waals surface area (Å²) < 4.78 is 0.954. The van der Waals surface area contributed by atoms with Crippen LogP contribution in [0.25, 0.3) is 0 Å². The number of nitrogens with zero attached hydrogens (tertiary/aromatic N) is 2. The summed E-state index contributed by atoms with van der Waals surface area (Å²) in [5, 5.41) is 18.4. The summed E-state index contributed by atoms with van der Waals surface area (Å²) in [5.41, 5.74) is 1.59. The zero-order valence-corrected chi connectivity index (χ0v) is 15.1. The molecule has 0 bridgehead atoms. The van der Waals surface area contributed by atoms with E-state index in [0.29, 0.717) is 22.3 Å². The Balaban J connectivity index is 2.25. The van der Waals surface area contributed by atoms with Crippen LogP contribution in [0.3, 0.4) is 0 Å². The van der Waals surface area contributed by atoms with Crippen molar-refractivity contribution < 1.29 is 0 Å². The van der Waals surface area contributed by atoms with Gasteiger partial charge in [0.15, 0.2) is 0 Å². The fraction of sp³-hybridized carbons (Fsp3) is 0.333. The number of benzene rings is 1. The predicted molar refractivity (Wildman–Crippen MR) is 97.7 cm³/mol. The minimum atomic E-state index is 0.197. The third-order valence-corrected chi connectivity index (χ3v) is 6.62. The minimum Gasteiger partial charge on any atom is -0.323 e. The van der Waals surface area contributed by atoms with Gasteiger partial charge in [-0.1, -0.05) is 36.2 Å². The number of nitrogens with one attached hydrogen (secondary N) is 1. The van der Waals surface area contributed by atoms with Crippen molar-refractivity contribution in [3.05, 3.63) is 43.7 Å². The molecule has 1 heterocycles. The van der Waals surface area contributed by atoms with Gasteiger partial charge in [0.25, 0.3) is 0 Å². The van der Waals surface area contributed by atoms with Crippen molar-refractivity contribution in [3.8, 4) is 6.07 Å². The molecule has 1 aliphatic heterocycles. The smallest absolute Gasteiger partial charge is 0.141 e. The maximum atomic E-state index is 9.44. The Bertz CT molecular complexity index is 640. The van der Waals surface area contributed by atoms with Gasteiger partial charge < -0.3 is 4.90 Å². The first-order valence-electron chi connectivity index (χ1n) is 6.76. The first-order chi connectivity index (χ1) is 10.6. The SMILES string of the molecule is CCCN(C=N)/C(C#N)=C1\SCC(c2ccc(Cl)cc2Cl)S1. The third kappa shape index (κ3) is 3.94. The third-order valence-electron chi connectivity index (χ3n) is 3.13. The average molecular weight is 372 g/mol. The van der Waals surface area contributed by atoms with Gasteiger partial charge in [0.1, 0.15) is 11.8 Å². The van der Waals surface area contributed by atoms with Gasteiger partial charge in [-0.2, -0.15) is 5.26 Å². The highest BCUT2D eigenvalue weighted by Crippen LogP contribution is 2.53. The molecule has 0 spiro atoms. The van der Waals surface area contributed by atoms with Crippen molar-refractivity contribution in [1.29, 1.82) is 10.7 Å². The second kappa shape index (κ2) is 8.16. The zero-order chi connectivity index (χ0) is 16.1. The van der Waals surface area contributed by atoms with E-state index in [9.17, 15) is 5.26 Å². The highest BCUT2D eigenvalue weighted by molar-refractivity contribution is 8.25. The molecule has 1 N–H and O–H groups in total. The fourth-order valence-corrected chi connectivity index (χ4v) is 5.65. The normalized spacial score (nSPS) is 19.6. The lowest BCUT2D eigenvalue weighted by Gasteiger charge is -2.18. The van der Waals surface area contributed by atoms with E-state index in [1.54, 1.807) is 34.5 Å². The quantitative estimate of drug-likeness (QED) is 0.420. The van der Waals surface area contributed by atoms with Crippen LogP contribution in [-0.4, -0.2) is 23.5 Å². The highest BCUT2D eigenvalue weighted by atomic mass is 35.5. The van der Waals surface area contributed by atoms with E-state index in [4.69, 9.17) is 28.6 Å². The number of halogens is 2. The summed E-state index contributed by atoms with van der Waals surface area (Å²) in [6, 6.07) is 7.76. The van der Waals surface area contributed by atoms with E-state index in [1.165, 1.54) is 6.34 Å². The molecular formula is C15H15Cl2N3S2. The van der Waals surface area contributed by atoms with Gasteiger partial charge in [-0.15, -0.1) is 23.5 Å². The molecule has 22 heavy (non-hydrogen) atoms. The number of allylic oxidation sites excluding steroid dienone is 1. The summed E-state index contributed by atoms with van der Waals surface area (Å²) in [4.78, 5) is 1.70. The molecule has 0 amide bonds. The fourth-order valence-electron chi connectivity index (χ4n) is 2.10. The Morgan fingerprint density at radius 2 is 2.32 bits per heavy atom. The van der Waals surface area contributed by atoms with Crippen LogP contribution in [0.2, 0.25) is 10.0 Å². The number of nitriles is 1. The van der Waals surface area contributed by atoms with Crippen LogP contribution in [0.5, 0.6) is 0 Å². The van der Waals surface area contributed by atoms with E-state index in [1.807, 2.05) is 19.1 Å². The lowest BCUT2D eigenvalue weighted by Crippen LogP contribution is -2.21. The molecule has 3 nitrogen and oxygen atoms in total. The van der Waals surface area contributed by atoms with Gasteiger partial charge >= 0.3 is 0 Å². The zero-order valence-electron chi connectivity index (χ0n) is 12.0. The largest absolute Gasteiger partial charge is 0.323 e. The van der Waals surface area contributed by atoms with Crippen LogP contribution in [0.4, 0.5) is 0 Å². The van der Waals surface area contributed by atoms with E-state index >= 15 is 0 Å². The molecule has 0 radical (unpaired) electrons. The Morgan fingerprint density at radius 3 is 2.91 bits per heavy atom. The molecule has 116 valence electrons. The first kappa shape index (κ1) is 17.6. The second-order valence-corrected chi connectivity index (χ2v) is 8.00. The number of hydrogen-bond acceptors (Lipinski definition) is 4. The lowest BCUT2D eigenvalue weighted by molar-refractivity contribution is 0.536. The van der Waals surface area contributed by atoms with Crippen molar-refractivity contribution in [2.24, 2.45) is 0 Å². The van der Waals surface area contributed by atoms with Crippen molar-refractivity contribution in [1.82, 2.24) is 4.90 Å². The molecule has 1 atom stereocenters. The lowest BCUT2D eigenvalue weighted by atomic mass is 10.2. The second-order valence-electron chi connectivity index (χ2n) is 4.65. The summed E-state index contributed by atoms with van der Waals surface area (Å²) in [6.45, 7) is 2.70. The maximum absolute atomic E-state index is 9.44. The van der Waals surface area contributed by atoms with Crippen molar-refractivity contribution >= 4 is 53.1 Å². The number of hydrogen-bond donors (Lipinski definition) is 1. The Kier molecular flexibility index (Phi) is 6.51. The standard InChI is InChI=1S/C15H15Cl2N3S2/c1-2-5-20(9-19)13(7-18)15-21-8-14(22-15)11-4-3-10(16)6-12(11)17/h3-4,6,9,14,19H,2,5,8H2,1H3/b15-13+,19-9?. The molecular weight excluding hydrogens is 357 g/mol. The van der Waals surface area contributed by atoms with Gasteiger partial charge in [0.2, 0.25) is 0 Å². The predicted octanol–water partition coefficient (Wildman–Crippen LogP) is 5.53. The number of thioether (sulfide) groups is 2. The van der Waals surface area contributed by atoms with Crippen LogP contribution in [0.15, 0.2) is 28.1 Å². The molecule has 1 saturated heterocycles. The molecule has 1 unspecified atom stereocenters. The van der Waals surface area contributed by atoms with Gasteiger partial charge in [-0.25, -0.2) is 0 Å². The molecule has 1 aromatic rings. The van der Waals surface area contributed by atoms with Crippen molar-refractivity contribution in [3.63, 3.8) is 0 Å². The van der Waals surface area contributed by atoms with E-state index in [-0.39, 0.29) is 5.25 Å². The maximum Gasteiger partial charge on any atom is 0.141 e. The molecule has 1 aliphatic rings. The average Bonchev–Trinajstić information content (AvgIpc) is 2.96. The first-order valence-corrected chi connectivity index (χ1v) is 9.38. The molecule has 2 rings (SSSR count). The van der Waals surface area contributed by atoms with Crippen LogP contribution in [-0.2, 0) is 0 Å². The summed E-state index contributed by atoms with van der Waals surface area (Å²) in [5.74, 6) is 0.852. The van der Waals surface area contributed by atoms with Gasteiger partial charge in [0, 0.05) is 27.6 Å². The summed E-state index contributed by atoms with van der Waals surface area (Å²) in [6.07, 6.45) is 2.11. The summed E-state index contributed by atoms with van der Waals surface area (Å²) >= 11 is 15.5. The van der Waals surface area contributed by atoms with Crippen LogP contribution >= 0.6 is 46.7 Å². The van der Waals surface area contributed by atoms with Crippen LogP contribution < -0.4 is 0 Å². The van der Waals surface area contributed by atoms with Gasteiger partial charge in [0.05, 0.1) is 10.6 Å². The van der Waals surface area contributed by atoms with E-state index in [0.717, 1.165) is 22.0 Å². The highest BCUT2D eigenvalue weighted by Gasteiger charge is 2.28.